The van der Waals surface area contributed by atoms with E-state index in [-0.39, 0.29) is 0 Å². The van der Waals surface area contributed by atoms with Crippen LogP contribution in [0.4, 0.5) is 5.69 Å². The Morgan fingerprint density at radius 1 is 1.29 bits per heavy atom. The molecule has 5 heteroatoms. The molecule has 1 aromatic rings. The largest absolute Gasteiger partial charge is 0.320 e. The van der Waals surface area contributed by atoms with E-state index in [2.05, 4.69) is 16.6 Å². The van der Waals surface area contributed by atoms with Crippen LogP contribution in [0.25, 0.3) is 0 Å². The lowest BCUT2D eigenvalue weighted by atomic mass is 10.2. The minimum Gasteiger partial charge on any atom is -0.320 e. The van der Waals surface area contributed by atoms with Gasteiger partial charge in [-0.15, -0.1) is 0 Å². The standard InChI is InChI=1S/C12H16N2O2S/c1-10(2)17(15,16)14-12-7-5-11(6-8-12)4-3-9-13/h5-8,10,14H,9,13H2,1-2H3. The smallest absolute Gasteiger partial charge is 0.235 e. The Balaban J connectivity index is 2.83. The average Bonchev–Trinajstić information content (AvgIpc) is 2.27. The molecule has 0 bridgehead atoms. The third-order valence-electron chi connectivity index (χ3n) is 2.10. The summed E-state index contributed by atoms with van der Waals surface area (Å²) in [6.07, 6.45) is 0. The van der Waals surface area contributed by atoms with Crippen molar-refractivity contribution in [3.63, 3.8) is 0 Å². The molecule has 1 aromatic carbocycles. The zero-order valence-electron chi connectivity index (χ0n) is 9.90. The summed E-state index contributed by atoms with van der Waals surface area (Å²) >= 11 is 0. The summed E-state index contributed by atoms with van der Waals surface area (Å²) < 4.78 is 25.7. The Bertz CT molecular complexity index is 522. The number of hydrogen-bond acceptors (Lipinski definition) is 3. The molecule has 0 aliphatic rings. The molecule has 0 atom stereocenters. The van der Waals surface area contributed by atoms with Crippen LogP contribution in [0.2, 0.25) is 0 Å². The minimum absolute atomic E-state index is 0.307. The number of nitrogens with one attached hydrogen (secondary N) is 1. The summed E-state index contributed by atoms with van der Waals surface area (Å²) in [4.78, 5) is 0. The van der Waals surface area contributed by atoms with Crippen LogP contribution >= 0.6 is 0 Å². The zero-order valence-corrected chi connectivity index (χ0v) is 10.7. The lowest BCUT2D eigenvalue weighted by molar-refractivity contribution is 0.593. The third-order valence-corrected chi connectivity index (χ3v) is 3.86. The van der Waals surface area contributed by atoms with Gasteiger partial charge in [0, 0.05) is 11.3 Å². The van der Waals surface area contributed by atoms with Gasteiger partial charge in [0.1, 0.15) is 0 Å². The van der Waals surface area contributed by atoms with Crippen molar-refractivity contribution in [2.24, 2.45) is 5.73 Å². The highest BCUT2D eigenvalue weighted by Crippen LogP contribution is 2.12. The molecule has 0 aliphatic heterocycles. The molecule has 0 spiro atoms. The van der Waals surface area contributed by atoms with E-state index in [1.165, 1.54) is 0 Å². The van der Waals surface area contributed by atoms with Crippen molar-refractivity contribution < 1.29 is 8.42 Å². The first-order valence-corrected chi connectivity index (χ1v) is 6.81. The minimum atomic E-state index is -3.29. The molecule has 0 fully saturated rings. The molecule has 0 aliphatic carbocycles. The van der Waals surface area contributed by atoms with Gasteiger partial charge >= 0.3 is 0 Å². The molecule has 3 N–H and O–H groups in total. The average molecular weight is 252 g/mol. The van der Waals surface area contributed by atoms with Gasteiger partial charge in [0.05, 0.1) is 11.8 Å². The van der Waals surface area contributed by atoms with E-state index in [1.54, 1.807) is 38.1 Å². The molecule has 4 nitrogen and oxygen atoms in total. The maximum absolute atomic E-state index is 11.6. The van der Waals surface area contributed by atoms with Crippen LogP contribution in [0.5, 0.6) is 0 Å². The van der Waals surface area contributed by atoms with Gasteiger partial charge in [0.25, 0.3) is 0 Å². The molecule has 0 amide bonds. The van der Waals surface area contributed by atoms with Crippen molar-refractivity contribution in [1.29, 1.82) is 0 Å². The highest BCUT2D eigenvalue weighted by Gasteiger charge is 2.14. The van der Waals surface area contributed by atoms with Gasteiger partial charge in [-0.3, -0.25) is 4.72 Å². The Morgan fingerprint density at radius 3 is 2.35 bits per heavy atom. The quantitative estimate of drug-likeness (QED) is 0.793. The SMILES string of the molecule is CC(C)S(=O)(=O)Nc1ccc(C#CCN)cc1. The van der Waals surface area contributed by atoms with Crippen molar-refractivity contribution in [3.05, 3.63) is 29.8 Å². The predicted molar refractivity (Wildman–Crippen MR) is 70.1 cm³/mol. The normalized spacial score (nSPS) is 10.8. The predicted octanol–water partition coefficient (Wildman–Crippen LogP) is 1.15. The molecule has 17 heavy (non-hydrogen) atoms. The summed E-state index contributed by atoms with van der Waals surface area (Å²) in [5.41, 5.74) is 6.60. The van der Waals surface area contributed by atoms with E-state index in [0.29, 0.717) is 12.2 Å². The van der Waals surface area contributed by atoms with E-state index < -0.39 is 15.3 Å². The lowest BCUT2D eigenvalue weighted by Crippen LogP contribution is -2.22. The Kier molecular flexibility index (Phi) is 4.55. The number of anilines is 1. The van der Waals surface area contributed by atoms with E-state index in [4.69, 9.17) is 5.73 Å². The highest BCUT2D eigenvalue weighted by molar-refractivity contribution is 7.93. The van der Waals surface area contributed by atoms with Crippen LogP contribution < -0.4 is 10.5 Å². The summed E-state index contributed by atoms with van der Waals surface area (Å²) in [7, 11) is -3.29. The van der Waals surface area contributed by atoms with Gasteiger partial charge in [-0.2, -0.15) is 0 Å². The van der Waals surface area contributed by atoms with E-state index in [0.717, 1.165) is 5.56 Å². The Hall–Kier alpha value is -1.51. The van der Waals surface area contributed by atoms with E-state index >= 15 is 0 Å². The second kappa shape index (κ2) is 5.71. The summed E-state index contributed by atoms with van der Waals surface area (Å²) in [6.45, 7) is 3.56. The zero-order chi connectivity index (χ0) is 12.9. The second-order valence-corrected chi connectivity index (χ2v) is 6.02. The molecule has 0 aromatic heterocycles. The van der Waals surface area contributed by atoms with Gasteiger partial charge < -0.3 is 5.73 Å². The van der Waals surface area contributed by atoms with Crippen molar-refractivity contribution in [1.82, 2.24) is 0 Å². The first kappa shape index (κ1) is 13.6. The van der Waals surface area contributed by atoms with Gasteiger partial charge in [0.2, 0.25) is 10.0 Å². The first-order chi connectivity index (χ1) is 7.95. The van der Waals surface area contributed by atoms with Crippen LogP contribution in [-0.4, -0.2) is 20.2 Å². The Labute approximate surface area is 102 Å². The summed E-state index contributed by atoms with van der Waals surface area (Å²) in [5, 5.41) is -0.459. The fourth-order valence-electron chi connectivity index (χ4n) is 1.06. The van der Waals surface area contributed by atoms with E-state index in [1.807, 2.05) is 0 Å². The van der Waals surface area contributed by atoms with E-state index in [9.17, 15) is 8.42 Å². The molecule has 0 saturated heterocycles. The lowest BCUT2D eigenvalue weighted by Gasteiger charge is -2.10. The third kappa shape index (κ3) is 4.10. The molecule has 0 heterocycles. The van der Waals surface area contributed by atoms with Crippen LogP contribution in [0.1, 0.15) is 19.4 Å². The molecular weight excluding hydrogens is 236 g/mol. The molecule has 0 saturated carbocycles. The van der Waals surface area contributed by atoms with Gasteiger partial charge in [-0.1, -0.05) is 11.8 Å². The van der Waals surface area contributed by atoms with Crippen molar-refractivity contribution >= 4 is 15.7 Å². The number of hydrogen-bond donors (Lipinski definition) is 2. The maximum Gasteiger partial charge on any atom is 0.235 e. The van der Waals surface area contributed by atoms with Gasteiger partial charge in [-0.05, 0) is 38.1 Å². The number of sulfonamides is 1. The van der Waals surface area contributed by atoms with Crippen molar-refractivity contribution in [3.8, 4) is 11.8 Å². The van der Waals surface area contributed by atoms with Crippen LogP contribution in [0, 0.1) is 11.8 Å². The Morgan fingerprint density at radius 2 is 1.88 bits per heavy atom. The second-order valence-electron chi connectivity index (χ2n) is 3.78. The maximum atomic E-state index is 11.6. The first-order valence-electron chi connectivity index (χ1n) is 5.26. The molecular formula is C12H16N2O2S. The fourth-order valence-corrected chi connectivity index (χ4v) is 1.76. The summed E-state index contributed by atoms with van der Waals surface area (Å²) in [5.74, 6) is 5.59. The molecule has 1 rings (SSSR count). The highest BCUT2D eigenvalue weighted by atomic mass is 32.2. The number of nitrogens with two attached hydrogens (primary N) is 1. The molecule has 0 unspecified atom stereocenters. The fraction of sp³-hybridized carbons (Fsp3) is 0.333. The van der Waals surface area contributed by atoms with Gasteiger partial charge in [-0.25, -0.2) is 8.42 Å². The number of benzene rings is 1. The van der Waals surface area contributed by atoms with Crippen LogP contribution in [0.3, 0.4) is 0 Å². The number of rotatable bonds is 3. The van der Waals surface area contributed by atoms with Gasteiger partial charge in [0.15, 0.2) is 0 Å². The van der Waals surface area contributed by atoms with Crippen molar-refractivity contribution in [2.75, 3.05) is 11.3 Å². The summed E-state index contributed by atoms with van der Waals surface area (Å²) in [6, 6.07) is 6.86. The van der Waals surface area contributed by atoms with Crippen molar-refractivity contribution in [2.45, 2.75) is 19.1 Å². The monoisotopic (exact) mass is 252 g/mol. The molecule has 92 valence electrons. The molecule has 0 radical (unpaired) electrons. The van der Waals surface area contributed by atoms with Crippen LogP contribution in [-0.2, 0) is 10.0 Å². The topological polar surface area (TPSA) is 72.2 Å². The van der Waals surface area contributed by atoms with Crippen LogP contribution in [0.15, 0.2) is 24.3 Å².